The Morgan fingerprint density at radius 3 is 2.15 bits per heavy atom. The van der Waals surface area contributed by atoms with Gasteiger partial charge in [0.1, 0.15) is 0 Å². The lowest BCUT2D eigenvalue weighted by Gasteiger charge is -2.02. The largest absolute Gasteiger partial charge is 0.0587 e. The molecule has 0 spiro atoms. The molecule has 0 aromatic heterocycles. The van der Waals surface area contributed by atoms with Gasteiger partial charge in [-0.2, -0.15) is 0 Å². The van der Waals surface area contributed by atoms with Crippen LogP contribution in [0.2, 0.25) is 0 Å². The Balaban J connectivity index is 2.81. The van der Waals surface area contributed by atoms with Crippen LogP contribution in [0.15, 0.2) is 39.3 Å². The number of hydrogen-bond donors (Lipinski definition) is 0. The maximum absolute atomic E-state index is 3.49. The quantitative estimate of drug-likeness (QED) is 0.663. The Kier molecular flexibility index (Phi) is 2.43. The lowest BCUT2D eigenvalue weighted by Crippen LogP contribution is -1.77. The van der Waals surface area contributed by atoms with E-state index < -0.39 is 0 Å². The second-order valence-corrected chi connectivity index (χ2v) is 4.83. The zero-order valence-electron chi connectivity index (χ0n) is 7.14. The molecule has 0 unspecified atom stereocenters. The Bertz CT molecular complexity index is 461. The molecule has 0 saturated heterocycles. The predicted molar refractivity (Wildman–Crippen MR) is 64.1 cm³/mol. The van der Waals surface area contributed by atoms with Crippen LogP contribution in [0.3, 0.4) is 0 Å². The summed E-state index contributed by atoms with van der Waals surface area (Å²) in [5, 5.41) is 2.54. The molecule has 66 valence electrons. The fraction of sp³-hybridized carbons (Fsp3) is 0.0909. The number of benzene rings is 2. The molecule has 0 heterocycles. The Morgan fingerprint density at radius 2 is 1.46 bits per heavy atom. The first-order valence-electron chi connectivity index (χ1n) is 4.02. The summed E-state index contributed by atoms with van der Waals surface area (Å²) in [5.74, 6) is 0. The van der Waals surface area contributed by atoms with Gasteiger partial charge in [0, 0.05) is 8.95 Å². The van der Waals surface area contributed by atoms with Gasteiger partial charge in [-0.1, -0.05) is 23.8 Å². The van der Waals surface area contributed by atoms with E-state index in [-0.39, 0.29) is 0 Å². The SMILES string of the molecule is Cc1ccc2cc(Br)c(Br)cc2c1. The van der Waals surface area contributed by atoms with Crippen LogP contribution in [0, 0.1) is 6.92 Å². The molecule has 0 N–H and O–H groups in total. The van der Waals surface area contributed by atoms with Crippen molar-refractivity contribution in [3.63, 3.8) is 0 Å². The van der Waals surface area contributed by atoms with Crippen LogP contribution >= 0.6 is 31.9 Å². The third-order valence-corrected chi connectivity index (χ3v) is 3.88. The minimum absolute atomic E-state index is 1.10. The van der Waals surface area contributed by atoms with Crippen molar-refractivity contribution in [3.05, 3.63) is 44.8 Å². The van der Waals surface area contributed by atoms with Gasteiger partial charge in [0.25, 0.3) is 0 Å². The molecule has 0 saturated carbocycles. The van der Waals surface area contributed by atoms with Crippen LogP contribution in [0.4, 0.5) is 0 Å². The van der Waals surface area contributed by atoms with Gasteiger partial charge in [-0.25, -0.2) is 0 Å². The lowest BCUT2D eigenvalue weighted by atomic mass is 10.1. The fourth-order valence-electron chi connectivity index (χ4n) is 1.36. The summed E-state index contributed by atoms with van der Waals surface area (Å²) < 4.78 is 2.20. The summed E-state index contributed by atoms with van der Waals surface area (Å²) >= 11 is 6.98. The molecule has 13 heavy (non-hydrogen) atoms. The van der Waals surface area contributed by atoms with Crippen LogP contribution < -0.4 is 0 Å². The molecule has 0 aliphatic heterocycles. The summed E-state index contributed by atoms with van der Waals surface area (Å²) in [6, 6.07) is 10.7. The zero-order chi connectivity index (χ0) is 9.42. The van der Waals surface area contributed by atoms with Crippen molar-refractivity contribution >= 4 is 42.6 Å². The smallest absolute Gasteiger partial charge is 0.0323 e. The van der Waals surface area contributed by atoms with Gasteiger partial charge >= 0.3 is 0 Å². The van der Waals surface area contributed by atoms with E-state index in [0.29, 0.717) is 0 Å². The number of halogens is 2. The van der Waals surface area contributed by atoms with Crippen LogP contribution in [-0.4, -0.2) is 0 Å². The van der Waals surface area contributed by atoms with Gasteiger partial charge in [-0.15, -0.1) is 0 Å². The summed E-state index contributed by atoms with van der Waals surface area (Å²) in [6.07, 6.45) is 0. The molecule has 0 amide bonds. The van der Waals surface area contributed by atoms with E-state index in [1.807, 2.05) is 0 Å². The van der Waals surface area contributed by atoms with Gasteiger partial charge in [0.15, 0.2) is 0 Å². The number of aryl methyl sites for hydroxylation is 1. The second kappa shape index (κ2) is 3.43. The fourth-order valence-corrected chi connectivity index (χ4v) is 2.08. The van der Waals surface area contributed by atoms with Gasteiger partial charge in [-0.3, -0.25) is 0 Å². The van der Waals surface area contributed by atoms with E-state index in [1.165, 1.54) is 16.3 Å². The van der Waals surface area contributed by atoms with E-state index in [2.05, 4.69) is 69.1 Å². The van der Waals surface area contributed by atoms with E-state index in [0.717, 1.165) is 8.95 Å². The van der Waals surface area contributed by atoms with Crippen LogP contribution in [-0.2, 0) is 0 Å². The molecular weight excluding hydrogens is 292 g/mol. The minimum Gasteiger partial charge on any atom is -0.0587 e. The lowest BCUT2D eigenvalue weighted by molar-refractivity contribution is 1.50. The highest BCUT2D eigenvalue weighted by molar-refractivity contribution is 9.13. The first kappa shape index (κ1) is 9.22. The minimum atomic E-state index is 1.10. The standard InChI is InChI=1S/C11H8Br2/c1-7-2-3-8-5-10(12)11(13)6-9(8)4-7/h2-6H,1H3. The summed E-state index contributed by atoms with van der Waals surface area (Å²) in [6.45, 7) is 2.11. The normalized spacial score (nSPS) is 10.7. The third-order valence-electron chi connectivity index (χ3n) is 2.03. The van der Waals surface area contributed by atoms with Gasteiger partial charge in [0.05, 0.1) is 0 Å². The van der Waals surface area contributed by atoms with Crippen molar-refractivity contribution in [3.8, 4) is 0 Å². The van der Waals surface area contributed by atoms with E-state index in [4.69, 9.17) is 0 Å². The molecule has 2 aromatic carbocycles. The summed E-state index contributed by atoms with van der Waals surface area (Å²) in [4.78, 5) is 0. The molecule has 0 bridgehead atoms. The number of fused-ring (bicyclic) bond motifs is 1. The van der Waals surface area contributed by atoms with Crippen molar-refractivity contribution in [1.29, 1.82) is 0 Å². The van der Waals surface area contributed by atoms with Gasteiger partial charge < -0.3 is 0 Å². The maximum Gasteiger partial charge on any atom is 0.0323 e. The van der Waals surface area contributed by atoms with E-state index in [1.54, 1.807) is 0 Å². The van der Waals surface area contributed by atoms with E-state index in [9.17, 15) is 0 Å². The van der Waals surface area contributed by atoms with Crippen molar-refractivity contribution in [2.75, 3.05) is 0 Å². The summed E-state index contributed by atoms with van der Waals surface area (Å²) in [7, 11) is 0. The van der Waals surface area contributed by atoms with Crippen molar-refractivity contribution in [2.24, 2.45) is 0 Å². The molecule has 0 radical (unpaired) electrons. The average Bonchev–Trinajstić information content (AvgIpc) is 2.08. The van der Waals surface area contributed by atoms with Crippen LogP contribution in [0.25, 0.3) is 10.8 Å². The highest BCUT2D eigenvalue weighted by Gasteiger charge is 1.99. The molecule has 0 fully saturated rings. The van der Waals surface area contributed by atoms with Gasteiger partial charge in [0.2, 0.25) is 0 Å². The van der Waals surface area contributed by atoms with Crippen LogP contribution in [0.5, 0.6) is 0 Å². The zero-order valence-corrected chi connectivity index (χ0v) is 10.3. The molecule has 2 heteroatoms. The van der Waals surface area contributed by atoms with Crippen molar-refractivity contribution < 1.29 is 0 Å². The van der Waals surface area contributed by atoms with E-state index >= 15 is 0 Å². The van der Waals surface area contributed by atoms with Crippen molar-refractivity contribution in [1.82, 2.24) is 0 Å². The first-order valence-corrected chi connectivity index (χ1v) is 5.61. The van der Waals surface area contributed by atoms with Crippen LogP contribution in [0.1, 0.15) is 5.56 Å². The Labute approximate surface area is 94.2 Å². The maximum atomic E-state index is 3.49. The highest BCUT2D eigenvalue weighted by Crippen LogP contribution is 2.28. The molecule has 2 aromatic rings. The summed E-state index contributed by atoms with van der Waals surface area (Å²) in [5.41, 5.74) is 1.29. The molecule has 0 atom stereocenters. The predicted octanol–water partition coefficient (Wildman–Crippen LogP) is 4.67. The number of hydrogen-bond acceptors (Lipinski definition) is 0. The monoisotopic (exact) mass is 298 g/mol. The third kappa shape index (κ3) is 1.79. The number of rotatable bonds is 0. The molecule has 0 nitrogen and oxygen atoms in total. The average molecular weight is 300 g/mol. The molecular formula is C11H8Br2. The van der Waals surface area contributed by atoms with Gasteiger partial charge in [-0.05, 0) is 61.7 Å². The Morgan fingerprint density at radius 1 is 0.846 bits per heavy atom. The first-order chi connectivity index (χ1) is 6.16. The second-order valence-electron chi connectivity index (χ2n) is 3.12. The molecule has 0 aliphatic carbocycles. The Hall–Kier alpha value is -0.340. The molecule has 2 rings (SSSR count). The highest BCUT2D eigenvalue weighted by atomic mass is 79.9. The van der Waals surface area contributed by atoms with Crippen molar-refractivity contribution in [2.45, 2.75) is 6.92 Å². The molecule has 0 aliphatic rings. The topological polar surface area (TPSA) is 0 Å².